The fourth-order valence-electron chi connectivity index (χ4n) is 6.67. The fourth-order valence-corrected chi connectivity index (χ4v) is 9.88. The summed E-state index contributed by atoms with van der Waals surface area (Å²) in [5.41, 5.74) is 14.8. The molecule has 0 heterocycles. The molecule has 8 aromatic carbocycles. The van der Waals surface area contributed by atoms with E-state index in [1.807, 2.05) is 12.1 Å². The Hall–Kier alpha value is -8.66. The number of sulfonamides is 3. The molecule has 0 saturated heterocycles. The summed E-state index contributed by atoms with van der Waals surface area (Å²) in [5, 5.41) is 54.0. The van der Waals surface area contributed by atoms with Crippen molar-refractivity contribution >= 4 is 92.9 Å². The number of hydrogen-bond donors (Lipinski definition) is 8. The molecule has 0 aliphatic rings. The van der Waals surface area contributed by atoms with Gasteiger partial charge in [0.1, 0.15) is 10.0 Å². The first kappa shape index (κ1) is 73.6. The maximum atomic E-state index is 11.9. The van der Waals surface area contributed by atoms with Gasteiger partial charge in [-0.25, -0.2) is 34.7 Å². The van der Waals surface area contributed by atoms with E-state index in [4.69, 9.17) is 23.1 Å². The summed E-state index contributed by atoms with van der Waals surface area (Å²) in [6, 6.07) is 55.4. The average Bonchev–Trinajstić information content (AvgIpc) is 3.73. The number of halogens is 1. The van der Waals surface area contributed by atoms with Crippen molar-refractivity contribution in [2.45, 2.75) is 14.7 Å². The summed E-state index contributed by atoms with van der Waals surface area (Å²) in [6.45, 7) is 2.96. The van der Waals surface area contributed by atoms with Gasteiger partial charge in [0, 0.05) is 126 Å². The maximum absolute atomic E-state index is 11.9. The van der Waals surface area contributed by atoms with E-state index < -0.39 is 49.8 Å². The smallest absolute Gasteiger partial charge is 0.543 e. The molecule has 0 aromatic heterocycles. The second-order valence-electron chi connectivity index (χ2n) is 17.3. The number of nitrogens with two attached hydrogens (primary N) is 2. The molecule has 0 unspecified atom stereocenters. The second-order valence-corrected chi connectivity index (χ2v) is 23.0. The van der Waals surface area contributed by atoms with Crippen LogP contribution in [0.2, 0.25) is 5.02 Å². The fraction of sp³-hybridized carbons (Fsp3) is 0.143. The molecule has 0 aliphatic carbocycles. The molecule has 10 N–H and O–H groups in total. The molecule has 0 amide bonds. The molecular formula is C56H61ClN13NaO14S3. The van der Waals surface area contributed by atoms with Gasteiger partial charge in [0.05, 0.1) is 29.5 Å². The van der Waals surface area contributed by atoms with Gasteiger partial charge in [-0.3, -0.25) is 40.5 Å². The van der Waals surface area contributed by atoms with Crippen molar-refractivity contribution < 1.29 is 74.5 Å². The van der Waals surface area contributed by atoms with Gasteiger partial charge in [0.2, 0.25) is 20.0 Å². The SMILES string of the molecule is NCCNc1ccc([N+](=O)[O-])cc1.Nc1ccc(NCCNS(=O)(=O)c2ccccc2)cc1.O=[N+]([O-])c1ccc(Cl)cc1.O=[N+]([O-])c1ccc(NCCNS(=O)(=O)c2ccccc2)cc1.O=[N+]([O-])c1ccc(NCC[N-]S(=O)(=O)c2ccccc2)cc1.[Na+]. The van der Waals surface area contributed by atoms with Crippen molar-refractivity contribution in [1.82, 2.24) is 9.44 Å². The number of anilines is 5. The Balaban J connectivity index is 0.000000294. The minimum absolute atomic E-state index is 0. The van der Waals surface area contributed by atoms with E-state index in [0.29, 0.717) is 61.4 Å². The summed E-state index contributed by atoms with van der Waals surface area (Å²) < 4.78 is 80.3. The Bertz CT molecular complexity index is 3620. The van der Waals surface area contributed by atoms with E-state index in [9.17, 15) is 65.7 Å². The number of nitro groups is 4. The second kappa shape index (κ2) is 38.5. The molecule has 0 aliphatic heterocycles. The van der Waals surface area contributed by atoms with Crippen LogP contribution in [0.15, 0.2) is 227 Å². The van der Waals surface area contributed by atoms with Crippen LogP contribution in [0.3, 0.4) is 0 Å². The van der Waals surface area contributed by atoms with Crippen molar-refractivity contribution in [3.05, 3.63) is 263 Å². The number of nitrogens with one attached hydrogen (secondary N) is 6. The van der Waals surface area contributed by atoms with Gasteiger partial charge < -0.3 is 37.5 Å². The Morgan fingerprint density at radius 2 is 0.670 bits per heavy atom. The minimum Gasteiger partial charge on any atom is -0.543 e. The van der Waals surface area contributed by atoms with Gasteiger partial charge in [0.25, 0.3) is 22.7 Å². The Morgan fingerprint density at radius 1 is 0.386 bits per heavy atom. The first-order valence-electron chi connectivity index (χ1n) is 25.7. The predicted molar refractivity (Wildman–Crippen MR) is 336 cm³/mol. The zero-order valence-electron chi connectivity index (χ0n) is 47.1. The third-order valence-corrected chi connectivity index (χ3v) is 15.6. The van der Waals surface area contributed by atoms with Crippen molar-refractivity contribution in [2.24, 2.45) is 5.73 Å². The quantitative estimate of drug-likeness (QED) is 0.00978. The number of nitrogen functional groups attached to an aromatic ring is 1. The molecule has 0 saturated carbocycles. The summed E-state index contributed by atoms with van der Waals surface area (Å²) in [5.74, 6) is 0. The zero-order valence-corrected chi connectivity index (χ0v) is 52.3. The Morgan fingerprint density at radius 3 is 0.989 bits per heavy atom. The minimum atomic E-state index is -3.64. The summed E-state index contributed by atoms with van der Waals surface area (Å²) in [7, 11) is -10.6. The number of benzene rings is 8. The van der Waals surface area contributed by atoms with Crippen LogP contribution in [0, 0.1) is 40.5 Å². The van der Waals surface area contributed by atoms with Crippen LogP contribution in [0.25, 0.3) is 4.72 Å². The van der Waals surface area contributed by atoms with E-state index >= 15 is 0 Å². The van der Waals surface area contributed by atoms with Crippen LogP contribution in [0.4, 0.5) is 51.2 Å². The van der Waals surface area contributed by atoms with Crippen LogP contribution >= 0.6 is 11.6 Å². The largest absolute Gasteiger partial charge is 1.00 e. The topological polar surface area (TPSA) is 413 Å². The Kier molecular flexibility index (Phi) is 32.2. The van der Waals surface area contributed by atoms with Crippen molar-refractivity contribution in [2.75, 3.05) is 79.4 Å². The summed E-state index contributed by atoms with van der Waals surface area (Å²) in [4.78, 5) is 40.2. The van der Waals surface area contributed by atoms with Crippen molar-refractivity contribution in [1.29, 1.82) is 0 Å². The number of rotatable bonds is 25. The van der Waals surface area contributed by atoms with E-state index in [-0.39, 0.29) is 80.1 Å². The maximum Gasteiger partial charge on any atom is 1.00 e. The van der Waals surface area contributed by atoms with Gasteiger partial charge in [0.15, 0.2) is 0 Å². The van der Waals surface area contributed by atoms with Gasteiger partial charge >= 0.3 is 29.6 Å². The van der Waals surface area contributed by atoms with E-state index in [1.54, 1.807) is 115 Å². The monoisotopic (exact) mass is 1290 g/mol. The van der Waals surface area contributed by atoms with E-state index in [0.717, 1.165) is 11.4 Å². The van der Waals surface area contributed by atoms with Gasteiger partial charge in [-0.15, -0.1) is 6.54 Å². The average molecular weight is 1290 g/mol. The molecule has 8 aromatic rings. The summed E-state index contributed by atoms with van der Waals surface area (Å²) >= 11 is 5.49. The van der Waals surface area contributed by atoms with Gasteiger partial charge in [-0.05, 0) is 116 Å². The third-order valence-electron chi connectivity index (χ3n) is 11.0. The molecule has 460 valence electrons. The molecule has 32 heteroatoms. The normalized spacial score (nSPS) is 10.6. The van der Waals surface area contributed by atoms with Gasteiger partial charge in [-0.1, -0.05) is 66.2 Å². The van der Waals surface area contributed by atoms with Crippen LogP contribution in [0.1, 0.15) is 0 Å². The summed E-state index contributed by atoms with van der Waals surface area (Å²) in [6.07, 6.45) is 0. The first-order valence-corrected chi connectivity index (χ1v) is 30.5. The third kappa shape index (κ3) is 27.8. The van der Waals surface area contributed by atoms with Crippen LogP contribution < -0.4 is 71.7 Å². The number of nitro benzene ring substituents is 4. The molecule has 0 atom stereocenters. The molecule has 88 heavy (non-hydrogen) atoms. The Labute approximate surface area is 535 Å². The van der Waals surface area contributed by atoms with Crippen LogP contribution in [0.5, 0.6) is 0 Å². The molecule has 0 spiro atoms. The van der Waals surface area contributed by atoms with Crippen molar-refractivity contribution in [3.8, 4) is 0 Å². The van der Waals surface area contributed by atoms with E-state index in [2.05, 4.69) is 35.4 Å². The molecule has 0 bridgehead atoms. The standard InChI is InChI=1S/C14H15N3O4S.C14H14N3O4S.C14H17N3O2S.C8H11N3O2.C6H4ClNO2.Na/c2*18-17(19)13-8-6-12(7-9-13)15-10-11-16-22(20,21)14-4-2-1-3-5-14;15-12-6-8-13(9-7-12)16-10-11-17-20(18,19)14-4-2-1-3-5-14;9-5-6-10-7-1-3-8(4-2-7)11(12)13;7-5-1-3-6(4-2-5)8(9)10;/h1-9,15-16H,10-11H2;1-9,15H,10-11H2;1-9,16-17H,10-11,15H2;1-4,10H,5-6,9H2;1-4H;/q;-1;;;;+1. The number of non-ortho nitro benzene ring substituents is 4. The predicted octanol–water partition coefficient (Wildman–Crippen LogP) is 6.63. The molecule has 0 radical (unpaired) electrons. The molecule has 0 fully saturated rings. The van der Waals surface area contributed by atoms with E-state index in [1.165, 1.54) is 84.9 Å². The van der Waals surface area contributed by atoms with Crippen molar-refractivity contribution in [3.63, 3.8) is 0 Å². The zero-order chi connectivity index (χ0) is 63.7. The molecular weight excluding hydrogens is 1230 g/mol. The van der Waals surface area contributed by atoms with Gasteiger partial charge in [-0.2, -0.15) is 0 Å². The van der Waals surface area contributed by atoms with Crippen LogP contribution in [-0.2, 0) is 30.1 Å². The molecule has 27 nitrogen and oxygen atoms in total. The first-order chi connectivity index (χ1) is 41.5. The number of hydrogen-bond acceptors (Lipinski definition) is 20. The number of nitrogens with zero attached hydrogens (tertiary/aromatic N) is 5. The van der Waals surface area contributed by atoms with Crippen LogP contribution in [-0.4, -0.2) is 97.3 Å². The molecule has 8 rings (SSSR count).